The minimum Gasteiger partial charge on any atom is -0.342 e. The molecule has 0 atom stereocenters. The summed E-state index contributed by atoms with van der Waals surface area (Å²) in [6.45, 7) is 1.24. The van der Waals surface area contributed by atoms with Crippen LogP contribution >= 0.6 is 0 Å². The van der Waals surface area contributed by atoms with Gasteiger partial charge in [-0.15, -0.1) is 0 Å². The van der Waals surface area contributed by atoms with E-state index in [9.17, 15) is 18.0 Å². The van der Waals surface area contributed by atoms with Gasteiger partial charge in [0.05, 0.1) is 11.4 Å². The van der Waals surface area contributed by atoms with Crippen LogP contribution in [0.3, 0.4) is 0 Å². The molecule has 2 amide bonds. The van der Waals surface area contributed by atoms with Crippen molar-refractivity contribution < 1.29 is 18.0 Å². The minimum atomic E-state index is -3.74. The van der Waals surface area contributed by atoms with Crippen molar-refractivity contribution in [2.75, 3.05) is 32.0 Å². The predicted molar refractivity (Wildman–Crippen MR) is 89.0 cm³/mol. The average Bonchev–Trinajstić information content (AvgIpc) is 3.08. The van der Waals surface area contributed by atoms with Gasteiger partial charge in [-0.2, -0.15) is 4.31 Å². The van der Waals surface area contributed by atoms with Gasteiger partial charge in [-0.3, -0.25) is 9.59 Å². The number of anilines is 1. The largest absolute Gasteiger partial charge is 0.342 e. The number of likely N-dealkylation sites (tertiary alicyclic amines) is 1. The second-order valence-electron chi connectivity index (χ2n) is 6.22. The predicted octanol–water partition coefficient (Wildman–Crippen LogP) is 0.814. The number of hydrogen-bond donors (Lipinski definition) is 1. The van der Waals surface area contributed by atoms with Crippen LogP contribution < -0.4 is 5.32 Å². The normalized spacial score (nSPS) is 17.8. The fraction of sp³-hybridized carbons (Fsp3) is 0.500. The van der Waals surface area contributed by atoms with Crippen LogP contribution in [0.15, 0.2) is 23.1 Å². The van der Waals surface area contributed by atoms with Gasteiger partial charge in [0, 0.05) is 32.2 Å². The summed E-state index contributed by atoms with van der Waals surface area (Å²) in [7, 11) is -2.32. The van der Waals surface area contributed by atoms with Crippen molar-refractivity contribution in [1.29, 1.82) is 0 Å². The average molecular weight is 351 g/mol. The van der Waals surface area contributed by atoms with Gasteiger partial charge >= 0.3 is 0 Å². The van der Waals surface area contributed by atoms with Gasteiger partial charge in [-0.05, 0) is 43.0 Å². The number of benzene rings is 1. The Labute approximate surface area is 141 Å². The van der Waals surface area contributed by atoms with Crippen LogP contribution in [0.1, 0.15) is 24.8 Å². The summed E-state index contributed by atoms with van der Waals surface area (Å²) in [5, 5.41) is 2.73. The molecule has 8 heteroatoms. The Kier molecular flexibility index (Phi) is 4.60. The molecule has 1 fully saturated rings. The first-order chi connectivity index (χ1) is 11.4. The number of sulfonamides is 1. The number of carbonyl (C=O) groups excluding carboxylic acids is 2. The Morgan fingerprint density at radius 3 is 2.67 bits per heavy atom. The zero-order chi connectivity index (χ0) is 17.3. The van der Waals surface area contributed by atoms with E-state index in [0.29, 0.717) is 31.6 Å². The molecule has 1 aromatic carbocycles. The Bertz CT molecular complexity index is 770. The van der Waals surface area contributed by atoms with E-state index in [2.05, 4.69) is 5.32 Å². The molecule has 0 aromatic heterocycles. The SMILES string of the molecule is CN(CC(=O)N1CCCC1)S(=O)(=O)c1ccc2c(c1)CCC(=O)N2. The number of fused-ring (bicyclic) bond motifs is 1. The maximum atomic E-state index is 12.7. The number of amides is 2. The summed E-state index contributed by atoms with van der Waals surface area (Å²) in [5.41, 5.74) is 1.45. The fourth-order valence-corrected chi connectivity index (χ4v) is 4.21. The molecular formula is C16H21N3O4S. The molecule has 1 aromatic rings. The highest BCUT2D eigenvalue weighted by atomic mass is 32.2. The standard InChI is InChI=1S/C16H21N3O4S/c1-18(11-16(21)19-8-2-3-9-19)24(22,23)13-5-6-14-12(10-13)4-7-15(20)17-14/h5-6,10H,2-4,7-9,11H2,1H3,(H,17,20). The highest BCUT2D eigenvalue weighted by Gasteiger charge is 2.27. The van der Waals surface area contributed by atoms with E-state index in [1.807, 2.05) is 0 Å². The van der Waals surface area contributed by atoms with E-state index in [1.54, 1.807) is 17.0 Å². The van der Waals surface area contributed by atoms with Crippen LogP contribution in [-0.2, 0) is 26.0 Å². The molecule has 7 nitrogen and oxygen atoms in total. The zero-order valence-electron chi connectivity index (χ0n) is 13.6. The lowest BCUT2D eigenvalue weighted by Crippen LogP contribution is -2.39. The number of aryl methyl sites for hydroxylation is 1. The lowest BCUT2D eigenvalue weighted by atomic mass is 10.0. The van der Waals surface area contributed by atoms with Crippen LogP contribution in [0, 0.1) is 0 Å². The third-order valence-electron chi connectivity index (χ3n) is 4.50. The maximum Gasteiger partial charge on any atom is 0.243 e. The molecule has 0 bridgehead atoms. The van der Waals surface area contributed by atoms with E-state index < -0.39 is 10.0 Å². The molecule has 0 radical (unpaired) electrons. The summed E-state index contributed by atoms with van der Waals surface area (Å²) in [5.74, 6) is -0.227. The first-order valence-corrected chi connectivity index (χ1v) is 9.49. The van der Waals surface area contributed by atoms with E-state index >= 15 is 0 Å². The van der Waals surface area contributed by atoms with Gasteiger partial charge < -0.3 is 10.2 Å². The van der Waals surface area contributed by atoms with Crippen LogP contribution in [0.4, 0.5) is 5.69 Å². The van der Waals surface area contributed by atoms with Gasteiger partial charge in [0.25, 0.3) is 0 Å². The molecule has 2 heterocycles. The van der Waals surface area contributed by atoms with Gasteiger partial charge in [-0.1, -0.05) is 0 Å². The molecule has 130 valence electrons. The van der Waals surface area contributed by atoms with Crippen molar-refractivity contribution in [2.45, 2.75) is 30.6 Å². The summed E-state index contributed by atoms with van der Waals surface area (Å²) < 4.78 is 26.5. The van der Waals surface area contributed by atoms with Crippen LogP contribution in [0.5, 0.6) is 0 Å². The summed E-state index contributed by atoms with van der Waals surface area (Å²) >= 11 is 0. The Hall–Kier alpha value is -1.93. The molecule has 2 aliphatic heterocycles. The Balaban J connectivity index is 1.77. The van der Waals surface area contributed by atoms with Crippen LogP contribution in [0.2, 0.25) is 0 Å². The van der Waals surface area contributed by atoms with E-state index in [-0.39, 0.29) is 23.3 Å². The van der Waals surface area contributed by atoms with Crippen molar-refractivity contribution in [3.8, 4) is 0 Å². The quantitative estimate of drug-likeness (QED) is 0.870. The first kappa shape index (κ1) is 16.9. The van der Waals surface area contributed by atoms with Crippen molar-refractivity contribution >= 4 is 27.5 Å². The van der Waals surface area contributed by atoms with E-state index in [4.69, 9.17) is 0 Å². The number of carbonyl (C=O) groups is 2. The second-order valence-corrected chi connectivity index (χ2v) is 8.26. The molecule has 24 heavy (non-hydrogen) atoms. The summed E-state index contributed by atoms with van der Waals surface area (Å²) in [6, 6.07) is 4.66. The lowest BCUT2D eigenvalue weighted by molar-refractivity contribution is -0.130. The monoisotopic (exact) mass is 351 g/mol. The first-order valence-electron chi connectivity index (χ1n) is 8.05. The molecule has 0 unspecified atom stereocenters. The Morgan fingerprint density at radius 2 is 1.96 bits per heavy atom. The Morgan fingerprint density at radius 1 is 1.25 bits per heavy atom. The van der Waals surface area contributed by atoms with Gasteiger partial charge in [0.15, 0.2) is 0 Å². The molecule has 3 rings (SSSR count). The molecular weight excluding hydrogens is 330 g/mol. The van der Waals surface area contributed by atoms with E-state index in [1.165, 1.54) is 13.1 Å². The number of nitrogens with one attached hydrogen (secondary N) is 1. The number of nitrogens with zero attached hydrogens (tertiary/aromatic N) is 2. The van der Waals surface area contributed by atoms with Gasteiger partial charge in [0.2, 0.25) is 21.8 Å². The van der Waals surface area contributed by atoms with Gasteiger partial charge in [-0.25, -0.2) is 8.42 Å². The molecule has 2 aliphatic rings. The highest BCUT2D eigenvalue weighted by molar-refractivity contribution is 7.89. The molecule has 1 N–H and O–H groups in total. The van der Waals surface area contributed by atoms with Crippen LogP contribution in [0.25, 0.3) is 0 Å². The summed E-state index contributed by atoms with van der Waals surface area (Å²) in [6.07, 6.45) is 2.80. The molecule has 0 saturated carbocycles. The van der Waals surface area contributed by atoms with E-state index in [0.717, 1.165) is 22.7 Å². The zero-order valence-corrected chi connectivity index (χ0v) is 14.4. The van der Waals surface area contributed by atoms with Crippen molar-refractivity contribution in [3.63, 3.8) is 0 Å². The maximum absolute atomic E-state index is 12.7. The lowest BCUT2D eigenvalue weighted by Gasteiger charge is -2.22. The third kappa shape index (κ3) is 3.29. The van der Waals surface area contributed by atoms with Crippen LogP contribution in [-0.4, -0.2) is 56.1 Å². The van der Waals surface area contributed by atoms with Crippen molar-refractivity contribution in [3.05, 3.63) is 23.8 Å². The number of likely N-dealkylation sites (N-methyl/N-ethyl adjacent to an activating group) is 1. The van der Waals surface area contributed by atoms with Gasteiger partial charge in [0.1, 0.15) is 0 Å². The minimum absolute atomic E-state index is 0.0635. The number of rotatable bonds is 4. The summed E-state index contributed by atoms with van der Waals surface area (Å²) in [4.78, 5) is 25.4. The second kappa shape index (κ2) is 6.52. The molecule has 0 aliphatic carbocycles. The smallest absolute Gasteiger partial charge is 0.243 e. The topological polar surface area (TPSA) is 86.8 Å². The number of hydrogen-bond acceptors (Lipinski definition) is 4. The fourth-order valence-electron chi connectivity index (χ4n) is 3.04. The molecule has 0 spiro atoms. The third-order valence-corrected chi connectivity index (χ3v) is 6.30. The van der Waals surface area contributed by atoms with Crippen molar-refractivity contribution in [2.24, 2.45) is 0 Å². The molecule has 1 saturated heterocycles. The van der Waals surface area contributed by atoms with Crippen molar-refractivity contribution in [1.82, 2.24) is 9.21 Å². The highest BCUT2D eigenvalue weighted by Crippen LogP contribution is 2.26.